The van der Waals surface area contributed by atoms with Crippen molar-refractivity contribution in [1.82, 2.24) is 24.9 Å². The van der Waals surface area contributed by atoms with Gasteiger partial charge in [-0.3, -0.25) is 19.2 Å². The lowest BCUT2D eigenvalue weighted by atomic mass is 10.2. The largest absolute Gasteiger partial charge is 0.379 e. The first kappa shape index (κ1) is 17.9. The summed E-state index contributed by atoms with van der Waals surface area (Å²) in [6, 6.07) is 1.78. The summed E-state index contributed by atoms with van der Waals surface area (Å²) in [6.45, 7) is 9.50. The Kier molecular flexibility index (Phi) is 5.70. The van der Waals surface area contributed by atoms with E-state index in [1.807, 2.05) is 18.7 Å². The fourth-order valence-electron chi connectivity index (χ4n) is 3.18. The monoisotopic (exact) mass is 349 g/mol. The van der Waals surface area contributed by atoms with Crippen LogP contribution >= 0.6 is 0 Å². The maximum atomic E-state index is 12.3. The van der Waals surface area contributed by atoms with E-state index in [4.69, 9.17) is 4.74 Å². The highest BCUT2D eigenvalue weighted by atomic mass is 16.5. The normalized spacial score (nSPS) is 22.0. The third-order valence-corrected chi connectivity index (χ3v) is 4.71. The number of ether oxygens (including phenoxy) is 1. The third kappa shape index (κ3) is 4.58. The minimum atomic E-state index is -0.216. The number of carbonyl (C=O) groups excluding carboxylic acids is 2. The molecule has 2 aliphatic rings. The van der Waals surface area contributed by atoms with Gasteiger partial charge in [-0.15, -0.1) is 0 Å². The van der Waals surface area contributed by atoms with Crippen LogP contribution in [0.4, 0.5) is 0 Å². The van der Waals surface area contributed by atoms with Crippen LogP contribution in [0, 0.1) is 0 Å². The molecule has 0 bridgehead atoms. The van der Waals surface area contributed by atoms with Crippen molar-refractivity contribution in [2.45, 2.75) is 32.4 Å². The summed E-state index contributed by atoms with van der Waals surface area (Å²) in [7, 11) is 0. The molecule has 1 N–H and O–H groups in total. The van der Waals surface area contributed by atoms with E-state index in [1.54, 1.807) is 16.9 Å². The topological polar surface area (TPSA) is 79.7 Å². The van der Waals surface area contributed by atoms with Gasteiger partial charge in [-0.2, -0.15) is 5.10 Å². The molecule has 0 aliphatic carbocycles. The molecule has 2 saturated heterocycles. The Labute approximate surface area is 148 Å². The molecule has 0 saturated carbocycles. The van der Waals surface area contributed by atoms with E-state index in [-0.39, 0.29) is 23.9 Å². The first-order valence-corrected chi connectivity index (χ1v) is 8.97. The molecule has 2 aliphatic heterocycles. The van der Waals surface area contributed by atoms with Gasteiger partial charge in [-0.05, 0) is 19.9 Å². The molecule has 0 radical (unpaired) electrons. The zero-order valence-electron chi connectivity index (χ0n) is 15.0. The Hall–Kier alpha value is -1.93. The summed E-state index contributed by atoms with van der Waals surface area (Å²) in [5.74, 6) is -0.113. The summed E-state index contributed by atoms with van der Waals surface area (Å²) in [4.78, 5) is 28.6. The molecular formula is C17H27N5O3. The zero-order chi connectivity index (χ0) is 17.8. The Balaban J connectivity index is 1.47. The molecule has 0 aromatic carbocycles. The van der Waals surface area contributed by atoms with E-state index in [1.165, 1.54) is 0 Å². The molecule has 1 unspecified atom stereocenters. The molecule has 1 aromatic heterocycles. The highest BCUT2D eigenvalue weighted by molar-refractivity contribution is 5.93. The number of rotatable bonds is 6. The van der Waals surface area contributed by atoms with Gasteiger partial charge in [0.05, 0.1) is 19.3 Å². The quantitative estimate of drug-likeness (QED) is 0.790. The van der Waals surface area contributed by atoms with Crippen molar-refractivity contribution in [3.05, 3.63) is 18.0 Å². The van der Waals surface area contributed by atoms with Crippen LogP contribution in [0.2, 0.25) is 0 Å². The molecule has 2 amide bonds. The van der Waals surface area contributed by atoms with Crippen LogP contribution < -0.4 is 5.32 Å². The summed E-state index contributed by atoms with van der Waals surface area (Å²) in [5.41, 5.74) is 0.396. The second-order valence-corrected chi connectivity index (χ2v) is 6.94. The molecule has 8 nitrogen and oxygen atoms in total. The van der Waals surface area contributed by atoms with Gasteiger partial charge in [-0.25, -0.2) is 0 Å². The summed E-state index contributed by atoms with van der Waals surface area (Å²) >= 11 is 0. The SMILES string of the molecule is CC(C)n1ccc(C(=O)NC2CC(=O)N(CCN3CCOCC3)C2)n1. The standard InChI is InChI=1S/C17H27N5O3/c1-13(2)22-4-3-15(19-22)17(24)18-14-11-16(23)21(12-14)6-5-20-7-9-25-10-8-20/h3-4,13-14H,5-12H2,1-2H3,(H,18,24). The Morgan fingerprint density at radius 1 is 1.36 bits per heavy atom. The Morgan fingerprint density at radius 2 is 2.12 bits per heavy atom. The predicted molar refractivity (Wildman–Crippen MR) is 92.3 cm³/mol. The number of hydrogen-bond acceptors (Lipinski definition) is 5. The van der Waals surface area contributed by atoms with Crippen molar-refractivity contribution in [3.63, 3.8) is 0 Å². The fourth-order valence-corrected chi connectivity index (χ4v) is 3.18. The minimum absolute atomic E-state index is 0.103. The molecule has 8 heteroatoms. The molecule has 0 spiro atoms. The summed E-state index contributed by atoms with van der Waals surface area (Å²) in [6.07, 6.45) is 2.16. The van der Waals surface area contributed by atoms with Crippen LogP contribution in [-0.4, -0.2) is 83.4 Å². The van der Waals surface area contributed by atoms with Gasteiger partial charge < -0.3 is 15.0 Å². The van der Waals surface area contributed by atoms with Gasteiger partial charge in [0.25, 0.3) is 5.91 Å². The average Bonchev–Trinajstić information content (AvgIpc) is 3.21. The first-order valence-electron chi connectivity index (χ1n) is 8.97. The number of aromatic nitrogens is 2. The van der Waals surface area contributed by atoms with E-state index in [0.717, 1.165) is 32.8 Å². The van der Waals surface area contributed by atoms with E-state index in [2.05, 4.69) is 15.3 Å². The number of amides is 2. The van der Waals surface area contributed by atoms with Gasteiger partial charge in [0.2, 0.25) is 5.91 Å². The van der Waals surface area contributed by atoms with Crippen LogP contribution in [0.15, 0.2) is 12.3 Å². The average molecular weight is 349 g/mol. The van der Waals surface area contributed by atoms with Gasteiger partial charge in [0, 0.05) is 51.4 Å². The summed E-state index contributed by atoms with van der Waals surface area (Å²) in [5, 5.41) is 7.21. The van der Waals surface area contributed by atoms with E-state index < -0.39 is 0 Å². The van der Waals surface area contributed by atoms with Gasteiger partial charge in [0.15, 0.2) is 0 Å². The minimum Gasteiger partial charge on any atom is -0.379 e. The number of likely N-dealkylation sites (tertiary alicyclic amines) is 1. The highest BCUT2D eigenvalue weighted by Crippen LogP contribution is 2.12. The lowest BCUT2D eigenvalue weighted by Crippen LogP contribution is -2.42. The van der Waals surface area contributed by atoms with Crippen molar-refractivity contribution in [1.29, 1.82) is 0 Å². The van der Waals surface area contributed by atoms with Crippen molar-refractivity contribution < 1.29 is 14.3 Å². The molecule has 138 valence electrons. The van der Waals surface area contributed by atoms with Crippen LogP contribution in [0.25, 0.3) is 0 Å². The van der Waals surface area contributed by atoms with Gasteiger partial charge in [0.1, 0.15) is 5.69 Å². The van der Waals surface area contributed by atoms with E-state index in [9.17, 15) is 9.59 Å². The second kappa shape index (κ2) is 7.97. The van der Waals surface area contributed by atoms with Crippen LogP contribution in [0.3, 0.4) is 0 Å². The molecule has 1 atom stereocenters. The maximum absolute atomic E-state index is 12.3. The number of hydrogen-bond donors (Lipinski definition) is 1. The first-order chi connectivity index (χ1) is 12.0. The number of nitrogens with one attached hydrogen (secondary N) is 1. The molecule has 3 rings (SSSR count). The van der Waals surface area contributed by atoms with E-state index >= 15 is 0 Å². The van der Waals surface area contributed by atoms with Crippen molar-refractivity contribution in [2.24, 2.45) is 0 Å². The molecule has 3 heterocycles. The zero-order valence-corrected chi connectivity index (χ0v) is 15.0. The smallest absolute Gasteiger partial charge is 0.272 e. The number of morpholine rings is 1. The lowest BCUT2D eigenvalue weighted by molar-refractivity contribution is -0.128. The third-order valence-electron chi connectivity index (χ3n) is 4.71. The lowest BCUT2D eigenvalue weighted by Gasteiger charge is -2.28. The molecule has 25 heavy (non-hydrogen) atoms. The van der Waals surface area contributed by atoms with Crippen LogP contribution in [0.1, 0.15) is 36.8 Å². The molecule has 2 fully saturated rings. The van der Waals surface area contributed by atoms with Crippen molar-refractivity contribution in [2.75, 3.05) is 45.9 Å². The van der Waals surface area contributed by atoms with Crippen LogP contribution in [0.5, 0.6) is 0 Å². The van der Waals surface area contributed by atoms with Gasteiger partial charge in [-0.1, -0.05) is 0 Å². The summed E-state index contributed by atoms with van der Waals surface area (Å²) < 4.78 is 7.09. The van der Waals surface area contributed by atoms with Crippen molar-refractivity contribution >= 4 is 11.8 Å². The van der Waals surface area contributed by atoms with Crippen LogP contribution in [-0.2, 0) is 9.53 Å². The number of carbonyl (C=O) groups is 2. The second-order valence-electron chi connectivity index (χ2n) is 6.94. The van der Waals surface area contributed by atoms with Gasteiger partial charge >= 0.3 is 0 Å². The number of nitrogens with zero attached hydrogens (tertiary/aromatic N) is 4. The Morgan fingerprint density at radius 3 is 2.80 bits per heavy atom. The highest BCUT2D eigenvalue weighted by Gasteiger charge is 2.31. The molecule has 1 aromatic rings. The fraction of sp³-hybridized carbons (Fsp3) is 0.706. The van der Waals surface area contributed by atoms with Crippen molar-refractivity contribution in [3.8, 4) is 0 Å². The maximum Gasteiger partial charge on any atom is 0.272 e. The predicted octanol–water partition coefficient (Wildman–Crippen LogP) is 0.127. The molecular weight excluding hydrogens is 322 g/mol. The van der Waals surface area contributed by atoms with E-state index in [0.29, 0.717) is 25.2 Å². The Bertz CT molecular complexity index is 609.